The summed E-state index contributed by atoms with van der Waals surface area (Å²) >= 11 is 0.970. The maximum absolute atomic E-state index is 13.2. The molecule has 2 aromatic carbocycles. The molecule has 3 N–H and O–H groups in total. The number of benzene rings is 2. The van der Waals surface area contributed by atoms with Crippen LogP contribution in [-0.4, -0.2) is 53.4 Å². The normalized spacial score (nSPS) is 11.6. The number of carbonyl (C=O) groups is 1. The largest absolute Gasteiger partial charge is 0.335 e. The molecule has 0 bridgehead atoms. The summed E-state index contributed by atoms with van der Waals surface area (Å²) in [5.41, 5.74) is 0.536. The summed E-state index contributed by atoms with van der Waals surface area (Å²) in [6.45, 7) is 0. The Balaban J connectivity index is 1.72. The first-order valence-electron chi connectivity index (χ1n) is 8.70. The van der Waals surface area contributed by atoms with Crippen LogP contribution < -0.4 is 11.2 Å². The minimum Gasteiger partial charge on any atom is -0.335 e. The van der Waals surface area contributed by atoms with Crippen molar-refractivity contribution in [1.82, 2.24) is 19.2 Å². The first kappa shape index (κ1) is 22.7. The second-order valence-corrected chi connectivity index (χ2v) is 9.55. The number of carbonyl (C=O) groups excluding carboxylic acids is 1. The second-order valence-electron chi connectivity index (χ2n) is 6.46. The molecule has 3 rings (SSSR count). The Bertz CT molecular complexity index is 1230. The van der Waals surface area contributed by atoms with Gasteiger partial charge in [0.1, 0.15) is 0 Å². The molecule has 0 saturated heterocycles. The summed E-state index contributed by atoms with van der Waals surface area (Å²) in [4.78, 5) is 12.1. The number of nitrogens with two attached hydrogens (primary N) is 1. The number of hydrogen-bond acceptors (Lipinski definition) is 7. The SMILES string of the molecule is CN(C)S(=O)(=O)c1cccc(-c2nnc(SCC(=O)Nc3ccc(F)c(F)c3)n2N)c1. The topological polar surface area (TPSA) is 123 Å². The zero-order valence-corrected chi connectivity index (χ0v) is 18.0. The molecule has 164 valence electrons. The lowest BCUT2D eigenvalue weighted by Crippen LogP contribution is -2.22. The van der Waals surface area contributed by atoms with Crippen molar-refractivity contribution in [2.75, 3.05) is 31.0 Å². The number of nitrogens with zero attached hydrogens (tertiary/aromatic N) is 4. The molecule has 0 spiro atoms. The van der Waals surface area contributed by atoms with Crippen LogP contribution >= 0.6 is 11.8 Å². The van der Waals surface area contributed by atoms with Crippen LogP contribution in [0, 0.1) is 11.6 Å². The van der Waals surface area contributed by atoms with Crippen LogP contribution in [0.4, 0.5) is 14.5 Å². The molecule has 0 unspecified atom stereocenters. The first-order chi connectivity index (χ1) is 14.6. The average Bonchev–Trinajstić information content (AvgIpc) is 3.09. The van der Waals surface area contributed by atoms with E-state index in [1.54, 1.807) is 12.1 Å². The van der Waals surface area contributed by atoms with Crippen molar-refractivity contribution in [1.29, 1.82) is 0 Å². The molecule has 1 amide bonds. The van der Waals surface area contributed by atoms with Crippen molar-refractivity contribution in [2.45, 2.75) is 10.1 Å². The molecular weight excluding hydrogens is 450 g/mol. The third kappa shape index (κ3) is 5.00. The molecule has 1 heterocycles. The summed E-state index contributed by atoms with van der Waals surface area (Å²) in [7, 11) is -0.795. The minimum atomic E-state index is -3.64. The number of amides is 1. The molecule has 31 heavy (non-hydrogen) atoms. The van der Waals surface area contributed by atoms with Crippen LogP contribution in [0.5, 0.6) is 0 Å². The summed E-state index contributed by atoms with van der Waals surface area (Å²) in [6.07, 6.45) is 0. The van der Waals surface area contributed by atoms with Gasteiger partial charge in [0.2, 0.25) is 21.1 Å². The predicted octanol–water partition coefficient (Wildman–Crippen LogP) is 1.92. The molecule has 9 nitrogen and oxygen atoms in total. The summed E-state index contributed by atoms with van der Waals surface area (Å²) in [5.74, 6) is 3.53. The zero-order chi connectivity index (χ0) is 22.8. The Kier molecular flexibility index (Phi) is 6.57. The number of aromatic nitrogens is 3. The minimum absolute atomic E-state index is 0.0677. The summed E-state index contributed by atoms with van der Waals surface area (Å²) in [5, 5.41) is 10.5. The van der Waals surface area contributed by atoms with Crippen molar-refractivity contribution >= 4 is 33.4 Å². The van der Waals surface area contributed by atoms with Gasteiger partial charge in [-0.05, 0) is 24.3 Å². The van der Waals surface area contributed by atoms with Crippen LogP contribution in [0.3, 0.4) is 0 Å². The number of hydrogen-bond donors (Lipinski definition) is 2. The highest BCUT2D eigenvalue weighted by Crippen LogP contribution is 2.25. The average molecular weight is 469 g/mol. The van der Waals surface area contributed by atoms with Gasteiger partial charge in [0.15, 0.2) is 17.5 Å². The van der Waals surface area contributed by atoms with Crippen LogP contribution in [0.2, 0.25) is 0 Å². The van der Waals surface area contributed by atoms with E-state index >= 15 is 0 Å². The van der Waals surface area contributed by atoms with Crippen LogP contribution in [0.15, 0.2) is 52.5 Å². The van der Waals surface area contributed by atoms with E-state index < -0.39 is 27.6 Å². The first-order valence-corrected chi connectivity index (χ1v) is 11.1. The highest BCUT2D eigenvalue weighted by molar-refractivity contribution is 7.99. The van der Waals surface area contributed by atoms with E-state index in [-0.39, 0.29) is 27.3 Å². The molecule has 0 aliphatic rings. The van der Waals surface area contributed by atoms with Gasteiger partial charge in [-0.2, -0.15) is 0 Å². The van der Waals surface area contributed by atoms with Gasteiger partial charge < -0.3 is 11.2 Å². The predicted molar refractivity (Wildman–Crippen MR) is 112 cm³/mol. The van der Waals surface area contributed by atoms with Crippen molar-refractivity contribution in [3.8, 4) is 11.4 Å². The molecule has 0 aliphatic carbocycles. The molecule has 3 aromatic rings. The van der Waals surface area contributed by atoms with Gasteiger partial charge in [0.05, 0.1) is 10.6 Å². The van der Waals surface area contributed by atoms with Crippen molar-refractivity contribution in [2.24, 2.45) is 0 Å². The number of nitrogens with one attached hydrogen (secondary N) is 1. The standard InChI is InChI=1S/C18H18F2N6O3S2/c1-25(2)31(28,29)13-5-3-4-11(8-13)17-23-24-18(26(17)21)30-10-16(27)22-12-6-7-14(19)15(20)9-12/h3-9H,10,21H2,1-2H3,(H,22,27). The number of thioether (sulfide) groups is 1. The van der Waals surface area contributed by atoms with Crippen molar-refractivity contribution in [3.05, 3.63) is 54.1 Å². The molecule has 1 aromatic heterocycles. The lowest BCUT2D eigenvalue weighted by atomic mass is 10.2. The Morgan fingerprint density at radius 1 is 1.16 bits per heavy atom. The van der Waals surface area contributed by atoms with E-state index in [9.17, 15) is 22.0 Å². The second kappa shape index (κ2) is 8.99. The van der Waals surface area contributed by atoms with Crippen molar-refractivity contribution < 1.29 is 22.0 Å². The smallest absolute Gasteiger partial charge is 0.242 e. The molecule has 0 saturated carbocycles. The van der Waals surface area contributed by atoms with E-state index in [1.807, 2.05) is 0 Å². The van der Waals surface area contributed by atoms with Gasteiger partial charge in [0.25, 0.3) is 0 Å². The van der Waals surface area contributed by atoms with E-state index in [0.717, 1.165) is 32.9 Å². The number of rotatable bonds is 7. The number of nitrogen functional groups attached to an aromatic ring is 1. The summed E-state index contributed by atoms with van der Waals surface area (Å²) < 4.78 is 53.1. The monoisotopic (exact) mass is 468 g/mol. The fourth-order valence-corrected chi connectivity index (χ4v) is 4.08. The van der Waals surface area contributed by atoms with Gasteiger partial charge >= 0.3 is 0 Å². The maximum Gasteiger partial charge on any atom is 0.242 e. The van der Waals surface area contributed by atoms with Crippen LogP contribution in [0.25, 0.3) is 11.4 Å². The maximum atomic E-state index is 13.2. The van der Waals surface area contributed by atoms with E-state index in [0.29, 0.717) is 5.56 Å². The number of halogens is 2. The molecule has 13 heteroatoms. The van der Waals surface area contributed by atoms with Gasteiger partial charge in [0, 0.05) is 31.4 Å². The highest BCUT2D eigenvalue weighted by Gasteiger charge is 2.20. The zero-order valence-electron chi connectivity index (χ0n) is 16.4. The Labute approximate surface area is 181 Å². The third-order valence-electron chi connectivity index (χ3n) is 4.07. The molecule has 0 atom stereocenters. The lowest BCUT2D eigenvalue weighted by Gasteiger charge is -2.12. The van der Waals surface area contributed by atoms with Crippen LogP contribution in [-0.2, 0) is 14.8 Å². The van der Waals surface area contributed by atoms with Gasteiger partial charge in [-0.1, -0.05) is 23.9 Å². The lowest BCUT2D eigenvalue weighted by molar-refractivity contribution is -0.113. The Morgan fingerprint density at radius 3 is 2.58 bits per heavy atom. The van der Waals surface area contributed by atoms with Crippen LogP contribution in [0.1, 0.15) is 0 Å². The molecule has 0 fully saturated rings. The van der Waals surface area contributed by atoms with E-state index in [1.165, 1.54) is 32.3 Å². The fraction of sp³-hybridized carbons (Fsp3) is 0.167. The van der Waals surface area contributed by atoms with Gasteiger partial charge in [-0.3, -0.25) is 4.79 Å². The highest BCUT2D eigenvalue weighted by atomic mass is 32.2. The van der Waals surface area contributed by atoms with E-state index in [2.05, 4.69) is 15.5 Å². The quantitative estimate of drug-likeness (QED) is 0.401. The molecule has 0 radical (unpaired) electrons. The molecule has 0 aliphatic heterocycles. The fourth-order valence-electron chi connectivity index (χ4n) is 2.48. The van der Waals surface area contributed by atoms with Crippen molar-refractivity contribution in [3.63, 3.8) is 0 Å². The Hall–Kier alpha value is -3.03. The van der Waals surface area contributed by atoms with E-state index in [4.69, 9.17) is 5.84 Å². The Morgan fingerprint density at radius 2 is 1.90 bits per heavy atom. The third-order valence-corrected chi connectivity index (χ3v) is 6.83. The van der Waals surface area contributed by atoms with Gasteiger partial charge in [-0.15, -0.1) is 10.2 Å². The summed E-state index contributed by atoms with van der Waals surface area (Å²) in [6, 6.07) is 9.08. The molecular formula is C18H18F2N6O3S2. The number of anilines is 1. The van der Waals surface area contributed by atoms with Gasteiger partial charge in [-0.25, -0.2) is 26.2 Å². The number of sulfonamides is 1.